The number of carbonyl (C=O) groups is 1. The van der Waals surface area contributed by atoms with Gasteiger partial charge in [-0.25, -0.2) is 4.98 Å². The normalized spacial score (nSPS) is 11.6. The molecule has 1 amide bonds. The van der Waals surface area contributed by atoms with E-state index < -0.39 is 0 Å². The second-order valence-electron chi connectivity index (χ2n) is 6.42. The van der Waals surface area contributed by atoms with E-state index in [0.717, 1.165) is 18.1 Å². The lowest BCUT2D eigenvalue weighted by Gasteiger charge is -2.24. The largest absolute Gasteiger partial charge is 0.370 e. The van der Waals surface area contributed by atoms with E-state index in [1.54, 1.807) is 4.90 Å². The standard InChI is InChI=1S/C16H27N3O/c1-8-17-14-10-12(15(20)19(7)11(2)3)9-13(18-14)16(4,5)6/h9-11H,8H2,1-7H3,(H,17,18). The zero-order chi connectivity index (χ0) is 15.5. The van der Waals surface area contributed by atoms with E-state index >= 15 is 0 Å². The molecule has 4 heteroatoms. The summed E-state index contributed by atoms with van der Waals surface area (Å²) in [6.07, 6.45) is 0. The first-order valence-corrected chi connectivity index (χ1v) is 7.20. The highest BCUT2D eigenvalue weighted by atomic mass is 16.2. The summed E-state index contributed by atoms with van der Waals surface area (Å²) in [5, 5.41) is 3.20. The maximum absolute atomic E-state index is 12.5. The maximum Gasteiger partial charge on any atom is 0.254 e. The molecule has 0 saturated carbocycles. The molecule has 4 nitrogen and oxygen atoms in total. The number of anilines is 1. The third kappa shape index (κ3) is 3.95. The Bertz CT molecular complexity index is 475. The lowest BCUT2D eigenvalue weighted by Crippen LogP contribution is -2.33. The first kappa shape index (κ1) is 16.5. The molecule has 0 aromatic carbocycles. The second-order valence-corrected chi connectivity index (χ2v) is 6.42. The lowest BCUT2D eigenvalue weighted by atomic mass is 9.90. The highest BCUT2D eigenvalue weighted by molar-refractivity contribution is 5.95. The van der Waals surface area contributed by atoms with Crippen LogP contribution in [0.4, 0.5) is 5.82 Å². The quantitative estimate of drug-likeness (QED) is 0.918. The van der Waals surface area contributed by atoms with Crippen LogP contribution in [-0.4, -0.2) is 35.4 Å². The van der Waals surface area contributed by atoms with Gasteiger partial charge in [0.25, 0.3) is 5.91 Å². The summed E-state index contributed by atoms with van der Waals surface area (Å²) in [6, 6.07) is 3.92. The van der Waals surface area contributed by atoms with Crippen LogP contribution in [0.3, 0.4) is 0 Å². The van der Waals surface area contributed by atoms with E-state index in [2.05, 4.69) is 31.1 Å². The average Bonchev–Trinajstić information content (AvgIpc) is 2.35. The number of aromatic nitrogens is 1. The highest BCUT2D eigenvalue weighted by Crippen LogP contribution is 2.24. The fraction of sp³-hybridized carbons (Fsp3) is 0.625. The number of hydrogen-bond acceptors (Lipinski definition) is 3. The number of amides is 1. The molecule has 0 aliphatic heterocycles. The van der Waals surface area contributed by atoms with Crippen molar-refractivity contribution in [3.63, 3.8) is 0 Å². The summed E-state index contributed by atoms with van der Waals surface area (Å²) in [5.41, 5.74) is 1.53. The fourth-order valence-electron chi connectivity index (χ4n) is 1.75. The van der Waals surface area contributed by atoms with Gasteiger partial charge in [-0.2, -0.15) is 0 Å². The van der Waals surface area contributed by atoms with Crippen LogP contribution in [0.25, 0.3) is 0 Å². The molecule has 0 aliphatic carbocycles. The van der Waals surface area contributed by atoms with Gasteiger partial charge in [0.1, 0.15) is 5.82 Å². The van der Waals surface area contributed by atoms with Gasteiger partial charge in [0.15, 0.2) is 0 Å². The molecule has 0 unspecified atom stereocenters. The van der Waals surface area contributed by atoms with Gasteiger partial charge in [0, 0.05) is 36.3 Å². The number of nitrogens with one attached hydrogen (secondary N) is 1. The van der Waals surface area contributed by atoms with E-state index in [1.807, 2.05) is 40.0 Å². The van der Waals surface area contributed by atoms with Crippen molar-refractivity contribution in [2.45, 2.75) is 53.0 Å². The van der Waals surface area contributed by atoms with E-state index in [9.17, 15) is 4.79 Å². The third-order valence-electron chi connectivity index (χ3n) is 3.29. The van der Waals surface area contributed by atoms with Gasteiger partial charge >= 0.3 is 0 Å². The van der Waals surface area contributed by atoms with Crippen molar-refractivity contribution in [1.82, 2.24) is 9.88 Å². The number of rotatable bonds is 4. The average molecular weight is 277 g/mol. The topological polar surface area (TPSA) is 45.2 Å². The van der Waals surface area contributed by atoms with Crippen molar-refractivity contribution in [3.05, 3.63) is 23.4 Å². The Morgan fingerprint density at radius 3 is 2.40 bits per heavy atom. The molecule has 1 N–H and O–H groups in total. The molecule has 0 atom stereocenters. The first-order valence-electron chi connectivity index (χ1n) is 7.20. The SMILES string of the molecule is CCNc1cc(C(=O)N(C)C(C)C)cc(C(C)(C)C)n1. The predicted octanol–water partition coefficient (Wildman–Crippen LogP) is 3.29. The molecule has 0 bridgehead atoms. The van der Waals surface area contributed by atoms with Crippen molar-refractivity contribution in [2.24, 2.45) is 0 Å². The molecule has 20 heavy (non-hydrogen) atoms. The van der Waals surface area contributed by atoms with Gasteiger partial charge in [-0.05, 0) is 32.9 Å². The van der Waals surface area contributed by atoms with E-state index in [-0.39, 0.29) is 17.4 Å². The minimum atomic E-state index is -0.0864. The van der Waals surface area contributed by atoms with Crippen molar-refractivity contribution in [2.75, 3.05) is 18.9 Å². The summed E-state index contributed by atoms with van der Waals surface area (Å²) < 4.78 is 0. The molecule has 1 rings (SSSR count). The maximum atomic E-state index is 12.5. The molecule has 0 saturated heterocycles. The number of hydrogen-bond donors (Lipinski definition) is 1. The number of carbonyl (C=O) groups excluding carboxylic acids is 1. The van der Waals surface area contributed by atoms with Crippen LogP contribution in [0.5, 0.6) is 0 Å². The van der Waals surface area contributed by atoms with E-state index in [4.69, 9.17) is 0 Å². The van der Waals surface area contributed by atoms with Crippen molar-refractivity contribution in [3.8, 4) is 0 Å². The van der Waals surface area contributed by atoms with Crippen LogP contribution < -0.4 is 5.32 Å². The van der Waals surface area contributed by atoms with E-state index in [1.165, 1.54) is 0 Å². The summed E-state index contributed by atoms with van der Waals surface area (Å²) in [7, 11) is 1.83. The Kier molecular flexibility index (Phi) is 5.15. The Morgan fingerprint density at radius 2 is 1.95 bits per heavy atom. The Morgan fingerprint density at radius 1 is 1.35 bits per heavy atom. The van der Waals surface area contributed by atoms with Crippen LogP contribution in [0.1, 0.15) is 57.6 Å². The van der Waals surface area contributed by atoms with Gasteiger partial charge in [0.05, 0.1) is 0 Å². The van der Waals surface area contributed by atoms with Crippen molar-refractivity contribution < 1.29 is 4.79 Å². The molecular formula is C16H27N3O. The minimum absolute atomic E-state index is 0.0343. The predicted molar refractivity (Wildman–Crippen MR) is 84.3 cm³/mol. The summed E-state index contributed by atoms with van der Waals surface area (Å²) in [6.45, 7) is 13.1. The van der Waals surface area contributed by atoms with Gasteiger partial charge in [-0.1, -0.05) is 20.8 Å². The van der Waals surface area contributed by atoms with Crippen LogP contribution >= 0.6 is 0 Å². The smallest absolute Gasteiger partial charge is 0.254 e. The monoisotopic (exact) mass is 277 g/mol. The van der Waals surface area contributed by atoms with Gasteiger partial charge < -0.3 is 10.2 Å². The minimum Gasteiger partial charge on any atom is -0.370 e. The van der Waals surface area contributed by atoms with Crippen LogP contribution in [-0.2, 0) is 5.41 Å². The Labute approximate surface area is 122 Å². The van der Waals surface area contributed by atoms with Gasteiger partial charge in [-0.15, -0.1) is 0 Å². The fourth-order valence-corrected chi connectivity index (χ4v) is 1.75. The van der Waals surface area contributed by atoms with E-state index in [0.29, 0.717) is 5.56 Å². The van der Waals surface area contributed by atoms with Crippen molar-refractivity contribution in [1.29, 1.82) is 0 Å². The lowest BCUT2D eigenvalue weighted by molar-refractivity contribution is 0.0754. The van der Waals surface area contributed by atoms with Gasteiger partial charge in [-0.3, -0.25) is 4.79 Å². The van der Waals surface area contributed by atoms with Crippen molar-refractivity contribution >= 4 is 11.7 Å². The van der Waals surface area contributed by atoms with Gasteiger partial charge in [0.2, 0.25) is 0 Å². The Balaban J connectivity index is 3.25. The van der Waals surface area contributed by atoms with Crippen LogP contribution in [0.15, 0.2) is 12.1 Å². The molecule has 1 aromatic heterocycles. The summed E-state index contributed by atoms with van der Waals surface area (Å²) in [4.78, 5) is 18.8. The molecule has 1 heterocycles. The summed E-state index contributed by atoms with van der Waals surface area (Å²) >= 11 is 0. The zero-order valence-electron chi connectivity index (χ0n) is 13.7. The third-order valence-corrected chi connectivity index (χ3v) is 3.29. The molecule has 1 aromatic rings. The molecule has 112 valence electrons. The molecular weight excluding hydrogens is 250 g/mol. The zero-order valence-corrected chi connectivity index (χ0v) is 13.7. The molecule has 0 radical (unpaired) electrons. The van der Waals surface area contributed by atoms with Crippen LogP contribution in [0.2, 0.25) is 0 Å². The molecule has 0 fully saturated rings. The number of pyridine rings is 1. The highest BCUT2D eigenvalue weighted by Gasteiger charge is 2.21. The Hall–Kier alpha value is -1.58. The number of nitrogens with zero attached hydrogens (tertiary/aromatic N) is 2. The first-order chi connectivity index (χ1) is 9.16. The second kappa shape index (κ2) is 6.25. The molecule has 0 aliphatic rings. The summed E-state index contributed by atoms with van der Waals surface area (Å²) in [5.74, 6) is 0.799. The molecule has 0 spiro atoms. The van der Waals surface area contributed by atoms with Crippen LogP contribution in [0, 0.1) is 0 Å².